The molecule has 1 saturated heterocycles. The van der Waals surface area contributed by atoms with Crippen molar-refractivity contribution in [2.75, 3.05) is 24.6 Å². The molecule has 2 nitrogen and oxygen atoms in total. The Balaban J connectivity index is 1.67. The van der Waals surface area contributed by atoms with Gasteiger partial charge in [-0.05, 0) is 5.56 Å². The van der Waals surface area contributed by atoms with Crippen LogP contribution in [0.25, 0.3) is 10.6 Å². The van der Waals surface area contributed by atoms with E-state index in [-0.39, 0.29) is 0 Å². The van der Waals surface area contributed by atoms with E-state index in [2.05, 4.69) is 45.9 Å². The Morgan fingerprint density at radius 1 is 1.15 bits per heavy atom. The Labute approximate surface area is 133 Å². The Bertz CT molecular complexity index is 547. The maximum atomic E-state index is 5.80. The fourth-order valence-electron chi connectivity index (χ4n) is 2.27. The molecule has 5 heteroatoms. The van der Waals surface area contributed by atoms with Crippen molar-refractivity contribution in [2.45, 2.75) is 12.4 Å². The summed E-state index contributed by atoms with van der Waals surface area (Å²) < 4.78 is 0. The number of alkyl halides is 1. The van der Waals surface area contributed by atoms with E-state index in [4.69, 9.17) is 11.6 Å². The third-order valence-electron chi connectivity index (χ3n) is 3.40. The molecule has 1 aliphatic rings. The largest absolute Gasteiger partial charge is 0.297 e. The third kappa shape index (κ3) is 3.55. The molecule has 0 atom stereocenters. The van der Waals surface area contributed by atoms with Crippen LogP contribution in [-0.4, -0.2) is 34.5 Å². The van der Waals surface area contributed by atoms with Crippen LogP contribution in [0.3, 0.4) is 0 Å². The summed E-state index contributed by atoms with van der Waals surface area (Å²) in [6.45, 7) is 3.47. The van der Waals surface area contributed by atoms with Crippen molar-refractivity contribution in [1.29, 1.82) is 0 Å². The second-order valence-electron chi connectivity index (χ2n) is 4.86. The van der Waals surface area contributed by atoms with Crippen LogP contribution < -0.4 is 0 Å². The van der Waals surface area contributed by atoms with Gasteiger partial charge >= 0.3 is 0 Å². The molecule has 1 fully saturated rings. The number of rotatable bonds is 4. The lowest BCUT2D eigenvalue weighted by atomic mass is 10.1. The van der Waals surface area contributed by atoms with Crippen LogP contribution in [0.15, 0.2) is 29.6 Å². The number of benzene rings is 1. The monoisotopic (exact) mass is 324 g/mol. The van der Waals surface area contributed by atoms with E-state index in [1.807, 2.05) is 5.38 Å². The molecule has 0 radical (unpaired) electrons. The molecule has 0 saturated carbocycles. The number of thiazole rings is 1. The van der Waals surface area contributed by atoms with Gasteiger partial charge in [0, 0.05) is 42.1 Å². The van der Waals surface area contributed by atoms with Gasteiger partial charge in [-0.2, -0.15) is 11.8 Å². The predicted octanol–water partition coefficient (Wildman–Crippen LogP) is 4.10. The van der Waals surface area contributed by atoms with Crippen molar-refractivity contribution >= 4 is 34.7 Å². The lowest BCUT2D eigenvalue weighted by molar-refractivity contribution is 0.294. The van der Waals surface area contributed by atoms with Crippen molar-refractivity contribution in [3.63, 3.8) is 0 Å². The fourth-order valence-corrected chi connectivity index (χ4v) is 4.30. The summed E-state index contributed by atoms with van der Waals surface area (Å²) >= 11 is 9.51. The number of halogens is 1. The zero-order valence-electron chi connectivity index (χ0n) is 11.2. The van der Waals surface area contributed by atoms with Crippen LogP contribution in [0, 0.1) is 0 Å². The number of thioether (sulfide) groups is 1. The molecule has 0 bridgehead atoms. The minimum atomic E-state index is 0.488. The Hall–Kier alpha value is -0.550. The van der Waals surface area contributed by atoms with Crippen LogP contribution in [0.5, 0.6) is 0 Å². The van der Waals surface area contributed by atoms with Gasteiger partial charge in [-0.15, -0.1) is 22.9 Å². The Morgan fingerprint density at radius 2 is 1.90 bits per heavy atom. The smallest absolute Gasteiger partial charge is 0.123 e. The summed E-state index contributed by atoms with van der Waals surface area (Å²) in [5.74, 6) is 3.01. The van der Waals surface area contributed by atoms with Gasteiger partial charge in [0.25, 0.3) is 0 Å². The van der Waals surface area contributed by atoms with Crippen LogP contribution in [0.1, 0.15) is 11.3 Å². The fraction of sp³-hybridized carbons (Fsp3) is 0.400. The minimum absolute atomic E-state index is 0.488. The van der Waals surface area contributed by atoms with Crippen LogP contribution >= 0.6 is 34.7 Å². The molecule has 0 N–H and O–H groups in total. The molecule has 0 spiro atoms. The first-order valence-corrected chi connectivity index (χ1v) is 9.32. The van der Waals surface area contributed by atoms with E-state index in [0.717, 1.165) is 17.2 Å². The van der Waals surface area contributed by atoms with E-state index in [9.17, 15) is 0 Å². The van der Waals surface area contributed by atoms with Gasteiger partial charge in [0.05, 0.1) is 11.6 Å². The summed E-state index contributed by atoms with van der Waals surface area (Å²) in [6.07, 6.45) is 0. The van der Waals surface area contributed by atoms with Crippen molar-refractivity contribution in [3.05, 3.63) is 40.9 Å². The first-order chi connectivity index (χ1) is 9.85. The molecular formula is C15H17ClN2S2. The summed E-state index contributed by atoms with van der Waals surface area (Å²) in [5, 5.41) is 3.09. The Kier molecular flexibility index (Phi) is 4.99. The molecule has 0 amide bonds. The van der Waals surface area contributed by atoms with Gasteiger partial charge in [-0.25, -0.2) is 4.98 Å². The number of hydrogen-bond acceptors (Lipinski definition) is 4. The normalized spacial score (nSPS) is 16.4. The number of nitrogens with zero attached hydrogens (tertiary/aromatic N) is 2. The number of aromatic nitrogens is 1. The number of hydrogen-bond donors (Lipinski definition) is 0. The van der Waals surface area contributed by atoms with Crippen molar-refractivity contribution in [2.24, 2.45) is 0 Å². The van der Waals surface area contributed by atoms with E-state index < -0.39 is 0 Å². The second kappa shape index (κ2) is 6.94. The van der Waals surface area contributed by atoms with E-state index in [1.165, 1.54) is 35.7 Å². The van der Waals surface area contributed by atoms with Crippen LogP contribution in [-0.2, 0) is 12.4 Å². The molecule has 1 aromatic carbocycles. The second-order valence-corrected chi connectivity index (χ2v) is 7.21. The third-order valence-corrected chi connectivity index (χ3v) is 5.56. The first kappa shape index (κ1) is 14.4. The average molecular weight is 325 g/mol. The van der Waals surface area contributed by atoms with Gasteiger partial charge < -0.3 is 0 Å². The Morgan fingerprint density at radius 3 is 2.55 bits per heavy atom. The summed E-state index contributed by atoms with van der Waals surface area (Å²) in [4.78, 5) is 7.05. The van der Waals surface area contributed by atoms with Gasteiger partial charge in [0.1, 0.15) is 5.01 Å². The molecular weight excluding hydrogens is 308 g/mol. The van der Waals surface area contributed by atoms with E-state index >= 15 is 0 Å². The molecule has 1 aliphatic heterocycles. The molecule has 3 rings (SSSR count). The standard InChI is InChI=1S/C15H17ClN2S2/c16-9-14-11-20-15(17-14)13-3-1-12(2-4-13)10-18-5-7-19-8-6-18/h1-4,11H,5-10H2. The first-order valence-electron chi connectivity index (χ1n) is 6.75. The van der Waals surface area contributed by atoms with E-state index in [1.54, 1.807) is 11.3 Å². The highest BCUT2D eigenvalue weighted by Crippen LogP contribution is 2.25. The maximum Gasteiger partial charge on any atom is 0.123 e. The minimum Gasteiger partial charge on any atom is -0.297 e. The van der Waals surface area contributed by atoms with Gasteiger partial charge in [-0.1, -0.05) is 24.3 Å². The molecule has 106 valence electrons. The van der Waals surface area contributed by atoms with Crippen LogP contribution in [0.4, 0.5) is 0 Å². The zero-order chi connectivity index (χ0) is 13.8. The molecule has 1 aromatic heterocycles. The quantitative estimate of drug-likeness (QED) is 0.788. The van der Waals surface area contributed by atoms with E-state index in [0.29, 0.717) is 5.88 Å². The SMILES string of the molecule is ClCc1csc(-c2ccc(CN3CCSCC3)cc2)n1. The molecule has 0 unspecified atom stereocenters. The molecule has 2 aromatic rings. The summed E-state index contributed by atoms with van der Waals surface area (Å²) in [5.41, 5.74) is 3.53. The topological polar surface area (TPSA) is 16.1 Å². The van der Waals surface area contributed by atoms with Gasteiger partial charge in [0.15, 0.2) is 0 Å². The highest BCUT2D eigenvalue weighted by Gasteiger charge is 2.11. The van der Waals surface area contributed by atoms with Crippen molar-refractivity contribution in [3.8, 4) is 10.6 Å². The predicted molar refractivity (Wildman–Crippen MR) is 89.7 cm³/mol. The van der Waals surface area contributed by atoms with Gasteiger partial charge in [-0.3, -0.25) is 4.90 Å². The lowest BCUT2D eigenvalue weighted by Crippen LogP contribution is -2.31. The zero-order valence-corrected chi connectivity index (χ0v) is 13.6. The van der Waals surface area contributed by atoms with Crippen molar-refractivity contribution in [1.82, 2.24) is 9.88 Å². The molecule has 20 heavy (non-hydrogen) atoms. The highest BCUT2D eigenvalue weighted by atomic mass is 35.5. The van der Waals surface area contributed by atoms with Crippen molar-refractivity contribution < 1.29 is 0 Å². The summed E-state index contributed by atoms with van der Waals surface area (Å²) in [6, 6.07) is 8.79. The summed E-state index contributed by atoms with van der Waals surface area (Å²) in [7, 11) is 0. The van der Waals surface area contributed by atoms with Crippen LogP contribution in [0.2, 0.25) is 0 Å². The van der Waals surface area contributed by atoms with Gasteiger partial charge in [0.2, 0.25) is 0 Å². The lowest BCUT2D eigenvalue weighted by Gasteiger charge is -2.26. The molecule has 0 aliphatic carbocycles. The highest BCUT2D eigenvalue weighted by molar-refractivity contribution is 7.99. The molecule has 2 heterocycles. The average Bonchev–Trinajstić information content (AvgIpc) is 2.98. The maximum absolute atomic E-state index is 5.80.